The van der Waals surface area contributed by atoms with Gasteiger partial charge in [0.05, 0.1) is 6.61 Å². The first-order valence-electron chi connectivity index (χ1n) is 9.44. The first-order chi connectivity index (χ1) is 13.5. The molecule has 1 saturated heterocycles. The highest BCUT2D eigenvalue weighted by molar-refractivity contribution is 6.30. The summed E-state index contributed by atoms with van der Waals surface area (Å²) >= 11 is 5.98. The van der Waals surface area contributed by atoms with E-state index in [1.165, 1.54) is 11.6 Å². The molecule has 1 unspecified atom stereocenters. The van der Waals surface area contributed by atoms with Crippen molar-refractivity contribution in [3.63, 3.8) is 0 Å². The van der Waals surface area contributed by atoms with Crippen LogP contribution in [-0.2, 0) is 20.7 Å². The highest BCUT2D eigenvalue weighted by Crippen LogP contribution is 2.20. The van der Waals surface area contributed by atoms with Crippen molar-refractivity contribution in [2.75, 3.05) is 19.7 Å². The summed E-state index contributed by atoms with van der Waals surface area (Å²) in [5.74, 6) is -0.220. The Hall–Kier alpha value is -2.59. The summed E-state index contributed by atoms with van der Waals surface area (Å²) in [5.41, 5.74) is 2.89. The molecule has 3 rings (SSSR count). The largest absolute Gasteiger partial charge is 0.462 e. The predicted octanol–water partition coefficient (Wildman–Crippen LogP) is 4.38. The molecule has 28 heavy (non-hydrogen) atoms. The SMILES string of the molecule is C/C(=C\C(=O)OCC1CC(=O)N(CCc2ccccc2)C1)c1cccc(Cl)c1. The maximum Gasteiger partial charge on any atom is 0.331 e. The van der Waals surface area contributed by atoms with Crippen LogP contribution in [-0.4, -0.2) is 36.5 Å². The highest BCUT2D eigenvalue weighted by atomic mass is 35.5. The fourth-order valence-corrected chi connectivity index (χ4v) is 3.52. The molecular formula is C23H24ClNO3. The Labute approximate surface area is 170 Å². The molecule has 146 valence electrons. The molecule has 1 fully saturated rings. The second-order valence-corrected chi connectivity index (χ2v) is 7.55. The summed E-state index contributed by atoms with van der Waals surface area (Å²) in [6.45, 7) is 3.43. The maximum atomic E-state index is 12.2. The lowest BCUT2D eigenvalue weighted by molar-refractivity contribution is -0.139. The van der Waals surface area contributed by atoms with Crippen LogP contribution < -0.4 is 0 Å². The Balaban J connectivity index is 1.46. The number of hydrogen-bond donors (Lipinski definition) is 0. The summed E-state index contributed by atoms with van der Waals surface area (Å²) in [4.78, 5) is 26.2. The molecule has 1 aliphatic rings. The lowest BCUT2D eigenvalue weighted by atomic mass is 10.1. The lowest BCUT2D eigenvalue weighted by Crippen LogP contribution is -2.28. The Morgan fingerprint density at radius 2 is 2.00 bits per heavy atom. The van der Waals surface area contributed by atoms with E-state index in [0.29, 0.717) is 24.5 Å². The monoisotopic (exact) mass is 397 g/mol. The minimum atomic E-state index is -0.396. The first-order valence-corrected chi connectivity index (χ1v) is 9.82. The number of nitrogens with zero attached hydrogens (tertiary/aromatic N) is 1. The number of allylic oxidation sites excluding steroid dienone is 1. The Morgan fingerprint density at radius 3 is 2.75 bits per heavy atom. The van der Waals surface area contributed by atoms with Crippen LogP contribution in [0, 0.1) is 5.92 Å². The molecular weight excluding hydrogens is 374 g/mol. The number of esters is 1. The minimum absolute atomic E-state index is 0.0482. The minimum Gasteiger partial charge on any atom is -0.462 e. The zero-order chi connectivity index (χ0) is 19.9. The van der Waals surface area contributed by atoms with Gasteiger partial charge in [-0.25, -0.2) is 4.79 Å². The van der Waals surface area contributed by atoms with Gasteiger partial charge < -0.3 is 9.64 Å². The summed E-state index contributed by atoms with van der Waals surface area (Å²) < 4.78 is 5.38. The molecule has 0 spiro atoms. The van der Waals surface area contributed by atoms with E-state index >= 15 is 0 Å². The van der Waals surface area contributed by atoms with Gasteiger partial charge in [-0.15, -0.1) is 0 Å². The van der Waals surface area contributed by atoms with E-state index in [-0.39, 0.29) is 18.4 Å². The molecule has 5 heteroatoms. The van der Waals surface area contributed by atoms with Crippen molar-refractivity contribution >= 4 is 29.1 Å². The normalized spacial score (nSPS) is 17.1. The molecule has 0 bridgehead atoms. The lowest BCUT2D eigenvalue weighted by Gasteiger charge is -2.16. The third-order valence-electron chi connectivity index (χ3n) is 4.88. The van der Waals surface area contributed by atoms with Crippen molar-refractivity contribution in [3.05, 3.63) is 76.8 Å². The molecule has 2 aromatic rings. The molecule has 2 aromatic carbocycles. The molecule has 0 N–H and O–H groups in total. The summed E-state index contributed by atoms with van der Waals surface area (Å²) in [6, 6.07) is 17.4. The van der Waals surface area contributed by atoms with Crippen LogP contribution in [0.4, 0.5) is 0 Å². The van der Waals surface area contributed by atoms with Gasteiger partial charge in [-0.3, -0.25) is 4.79 Å². The summed E-state index contributed by atoms with van der Waals surface area (Å²) in [7, 11) is 0. The van der Waals surface area contributed by atoms with Crippen molar-refractivity contribution in [2.45, 2.75) is 19.8 Å². The molecule has 0 saturated carbocycles. The van der Waals surface area contributed by atoms with Gasteiger partial charge in [0.15, 0.2) is 0 Å². The standard InChI is InChI=1S/C23H24ClNO3/c1-17(20-8-5-9-21(24)14-20)12-23(27)28-16-19-13-22(26)25(15-19)11-10-18-6-3-2-4-7-18/h2-9,12,14,19H,10-11,13,15-16H2,1H3/b17-12+. The quantitative estimate of drug-likeness (QED) is 0.514. The van der Waals surface area contributed by atoms with Gasteiger partial charge in [0.25, 0.3) is 0 Å². The van der Waals surface area contributed by atoms with Gasteiger partial charge >= 0.3 is 5.97 Å². The van der Waals surface area contributed by atoms with Crippen LogP contribution in [0.25, 0.3) is 5.57 Å². The Bertz CT molecular complexity index is 863. The number of ether oxygens (including phenoxy) is 1. The number of rotatable bonds is 7. The molecule has 4 nitrogen and oxygen atoms in total. The van der Waals surface area contributed by atoms with E-state index in [9.17, 15) is 9.59 Å². The van der Waals surface area contributed by atoms with Gasteiger partial charge in [0.1, 0.15) is 0 Å². The first kappa shape index (κ1) is 20.2. The second kappa shape index (κ2) is 9.56. The smallest absolute Gasteiger partial charge is 0.331 e. The molecule has 1 atom stereocenters. The number of halogens is 1. The topological polar surface area (TPSA) is 46.6 Å². The van der Waals surface area contributed by atoms with E-state index in [4.69, 9.17) is 16.3 Å². The summed E-state index contributed by atoms with van der Waals surface area (Å²) in [5, 5.41) is 0.624. The number of carbonyl (C=O) groups excluding carboxylic acids is 2. The molecule has 0 radical (unpaired) electrons. The van der Waals surface area contributed by atoms with Gasteiger partial charge in [-0.05, 0) is 42.2 Å². The second-order valence-electron chi connectivity index (χ2n) is 7.11. The molecule has 1 heterocycles. The predicted molar refractivity (Wildman–Crippen MR) is 111 cm³/mol. The van der Waals surface area contributed by atoms with Crippen molar-refractivity contribution in [1.29, 1.82) is 0 Å². The number of benzene rings is 2. The zero-order valence-corrected chi connectivity index (χ0v) is 16.7. The van der Waals surface area contributed by atoms with Crippen LogP contribution in [0.5, 0.6) is 0 Å². The number of hydrogen-bond acceptors (Lipinski definition) is 3. The van der Waals surface area contributed by atoms with Gasteiger partial charge in [-0.1, -0.05) is 54.1 Å². The third-order valence-corrected chi connectivity index (χ3v) is 5.12. The Kier molecular flexibility index (Phi) is 6.88. The molecule has 1 amide bonds. The molecule has 0 aliphatic carbocycles. The average Bonchev–Trinajstić information content (AvgIpc) is 3.05. The Morgan fingerprint density at radius 1 is 1.21 bits per heavy atom. The summed E-state index contributed by atoms with van der Waals surface area (Å²) in [6.07, 6.45) is 2.73. The number of carbonyl (C=O) groups is 2. The van der Waals surface area contributed by atoms with E-state index in [1.807, 2.05) is 42.2 Å². The van der Waals surface area contributed by atoms with Gasteiger partial charge in [0.2, 0.25) is 5.91 Å². The van der Waals surface area contributed by atoms with Crippen molar-refractivity contribution < 1.29 is 14.3 Å². The van der Waals surface area contributed by atoms with E-state index < -0.39 is 5.97 Å². The van der Waals surface area contributed by atoms with Crippen LogP contribution in [0.2, 0.25) is 5.02 Å². The van der Waals surface area contributed by atoms with Crippen LogP contribution >= 0.6 is 11.6 Å². The van der Waals surface area contributed by atoms with Crippen LogP contribution in [0.3, 0.4) is 0 Å². The molecule has 0 aromatic heterocycles. The fourth-order valence-electron chi connectivity index (χ4n) is 3.33. The van der Waals surface area contributed by atoms with E-state index in [1.54, 1.807) is 12.1 Å². The van der Waals surface area contributed by atoms with E-state index in [0.717, 1.165) is 17.6 Å². The maximum absolute atomic E-state index is 12.2. The number of likely N-dealkylation sites (tertiary alicyclic amines) is 1. The van der Waals surface area contributed by atoms with Crippen molar-refractivity contribution in [3.8, 4) is 0 Å². The zero-order valence-electron chi connectivity index (χ0n) is 15.9. The number of amides is 1. The van der Waals surface area contributed by atoms with E-state index in [2.05, 4.69) is 12.1 Å². The van der Waals surface area contributed by atoms with Gasteiger partial charge in [-0.2, -0.15) is 0 Å². The van der Waals surface area contributed by atoms with Crippen LogP contribution in [0.15, 0.2) is 60.7 Å². The van der Waals surface area contributed by atoms with Crippen LogP contribution in [0.1, 0.15) is 24.5 Å². The van der Waals surface area contributed by atoms with Crippen molar-refractivity contribution in [2.24, 2.45) is 5.92 Å². The highest BCUT2D eigenvalue weighted by Gasteiger charge is 2.29. The van der Waals surface area contributed by atoms with Gasteiger partial charge in [0, 0.05) is 36.5 Å². The fraction of sp³-hybridized carbons (Fsp3) is 0.304. The average molecular weight is 398 g/mol. The molecule has 1 aliphatic heterocycles. The third kappa shape index (κ3) is 5.70. The van der Waals surface area contributed by atoms with Crippen molar-refractivity contribution in [1.82, 2.24) is 4.90 Å².